The molecule has 0 radical (unpaired) electrons. The SMILES string of the molecule is CN(CC1CN(C(=O)c2ccco2)CC1c1cccc(F)c1)C1CCCCC1. The molecule has 0 spiro atoms. The van der Waals surface area contributed by atoms with Crippen LogP contribution < -0.4 is 0 Å². The summed E-state index contributed by atoms with van der Waals surface area (Å²) in [6.07, 6.45) is 7.98. The first-order valence-corrected chi connectivity index (χ1v) is 10.4. The Morgan fingerprint density at radius 1 is 1.18 bits per heavy atom. The number of benzene rings is 1. The predicted molar refractivity (Wildman–Crippen MR) is 107 cm³/mol. The Balaban J connectivity index is 1.52. The van der Waals surface area contributed by atoms with E-state index in [1.54, 1.807) is 24.3 Å². The van der Waals surface area contributed by atoms with Gasteiger partial charge in [0.25, 0.3) is 5.91 Å². The molecule has 2 unspecified atom stereocenters. The lowest BCUT2D eigenvalue weighted by Gasteiger charge is -2.34. The van der Waals surface area contributed by atoms with Gasteiger partial charge in [0.05, 0.1) is 6.26 Å². The van der Waals surface area contributed by atoms with Crippen LogP contribution in [0.3, 0.4) is 0 Å². The molecule has 0 bridgehead atoms. The molecule has 2 fully saturated rings. The number of hydrogen-bond donors (Lipinski definition) is 0. The zero-order valence-corrected chi connectivity index (χ0v) is 16.5. The van der Waals surface area contributed by atoms with Crippen LogP contribution in [0.1, 0.15) is 54.1 Å². The third kappa shape index (κ3) is 4.14. The second-order valence-corrected chi connectivity index (χ2v) is 8.34. The van der Waals surface area contributed by atoms with Gasteiger partial charge in [-0.1, -0.05) is 31.4 Å². The van der Waals surface area contributed by atoms with E-state index >= 15 is 0 Å². The average Bonchev–Trinajstić information content (AvgIpc) is 3.38. The Kier molecular flexibility index (Phi) is 5.81. The highest BCUT2D eigenvalue weighted by molar-refractivity contribution is 5.91. The van der Waals surface area contributed by atoms with Crippen molar-refractivity contribution in [3.8, 4) is 0 Å². The monoisotopic (exact) mass is 384 g/mol. The topological polar surface area (TPSA) is 36.7 Å². The predicted octanol–water partition coefficient (Wildman–Crippen LogP) is 4.54. The third-order valence-electron chi connectivity index (χ3n) is 6.46. The molecule has 2 aromatic rings. The van der Waals surface area contributed by atoms with Gasteiger partial charge in [-0.25, -0.2) is 4.39 Å². The number of nitrogens with zero attached hydrogens (tertiary/aromatic N) is 2. The molecule has 1 aliphatic heterocycles. The van der Waals surface area contributed by atoms with Crippen LogP contribution in [0.15, 0.2) is 47.1 Å². The molecule has 5 heteroatoms. The molecule has 1 aromatic heterocycles. The number of halogens is 1. The van der Waals surface area contributed by atoms with Crippen molar-refractivity contribution in [1.29, 1.82) is 0 Å². The Labute approximate surface area is 166 Å². The van der Waals surface area contributed by atoms with E-state index in [9.17, 15) is 9.18 Å². The van der Waals surface area contributed by atoms with Crippen molar-refractivity contribution in [2.24, 2.45) is 5.92 Å². The van der Waals surface area contributed by atoms with Gasteiger partial charge in [-0.2, -0.15) is 0 Å². The van der Waals surface area contributed by atoms with Crippen molar-refractivity contribution in [2.45, 2.75) is 44.1 Å². The van der Waals surface area contributed by atoms with Crippen LogP contribution in [0.25, 0.3) is 0 Å². The van der Waals surface area contributed by atoms with Crippen LogP contribution in [0.2, 0.25) is 0 Å². The van der Waals surface area contributed by atoms with E-state index < -0.39 is 0 Å². The van der Waals surface area contributed by atoms with Crippen LogP contribution in [-0.4, -0.2) is 48.4 Å². The highest BCUT2D eigenvalue weighted by atomic mass is 19.1. The van der Waals surface area contributed by atoms with E-state index in [2.05, 4.69) is 11.9 Å². The van der Waals surface area contributed by atoms with Crippen LogP contribution in [0.4, 0.5) is 4.39 Å². The van der Waals surface area contributed by atoms with Crippen LogP contribution >= 0.6 is 0 Å². The fourth-order valence-electron chi connectivity index (χ4n) is 4.93. The molecule has 2 heterocycles. The van der Waals surface area contributed by atoms with Gasteiger partial charge in [-0.3, -0.25) is 4.79 Å². The van der Waals surface area contributed by atoms with E-state index in [-0.39, 0.29) is 23.6 Å². The van der Waals surface area contributed by atoms with Gasteiger partial charge in [0.15, 0.2) is 5.76 Å². The van der Waals surface area contributed by atoms with Crippen molar-refractivity contribution >= 4 is 5.91 Å². The molecule has 2 aliphatic rings. The van der Waals surface area contributed by atoms with Crippen molar-refractivity contribution < 1.29 is 13.6 Å². The molecule has 4 nitrogen and oxygen atoms in total. The smallest absolute Gasteiger partial charge is 0.289 e. The molecule has 1 saturated carbocycles. The quantitative estimate of drug-likeness (QED) is 0.759. The Morgan fingerprint density at radius 3 is 2.71 bits per heavy atom. The van der Waals surface area contributed by atoms with E-state index in [1.165, 1.54) is 44.4 Å². The number of carbonyl (C=O) groups excluding carboxylic acids is 1. The molecule has 0 N–H and O–H groups in total. The van der Waals surface area contributed by atoms with Gasteiger partial charge >= 0.3 is 0 Å². The van der Waals surface area contributed by atoms with Gasteiger partial charge in [0, 0.05) is 31.6 Å². The first-order valence-electron chi connectivity index (χ1n) is 10.4. The average molecular weight is 384 g/mol. The van der Waals surface area contributed by atoms with Crippen molar-refractivity contribution in [3.63, 3.8) is 0 Å². The molecule has 1 aromatic carbocycles. The summed E-state index contributed by atoms with van der Waals surface area (Å²) in [5.74, 6) is 0.509. The number of likely N-dealkylation sites (tertiary alicyclic amines) is 1. The molecule has 2 atom stereocenters. The van der Waals surface area contributed by atoms with E-state index in [4.69, 9.17) is 4.42 Å². The maximum absolute atomic E-state index is 13.9. The minimum absolute atomic E-state index is 0.0748. The standard InChI is InChI=1S/C23H29FN2O2/c1-25(20-9-3-2-4-10-20)14-18-15-26(23(27)22-11-6-12-28-22)16-21(18)17-7-5-8-19(24)13-17/h5-8,11-13,18,20-21H,2-4,9-10,14-16H2,1H3. The zero-order chi connectivity index (χ0) is 19.5. The molecular formula is C23H29FN2O2. The number of rotatable bonds is 5. The molecule has 28 heavy (non-hydrogen) atoms. The van der Waals surface area contributed by atoms with Gasteiger partial charge in [0.1, 0.15) is 5.82 Å². The first-order chi connectivity index (χ1) is 13.6. The fraction of sp³-hybridized carbons (Fsp3) is 0.522. The highest BCUT2D eigenvalue weighted by Gasteiger charge is 2.38. The normalized spacial score (nSPS) is 23.5. The zero-order valence-electron chi connectivity index (χ0n) is 16.5. The maximum atomic E-state index is 13.9. The Hall–Kier alpha value is -2.14. The van der Waals surface area contributed by atoms with E-state index in [0.717, 1.165) is 12.1 Å². The second-order valence-electron chi connectivity index (χ2n) is 8.34. The van der Waals surface area contributed by atoms with Crippen molar-refractivity contribution in [1.82, 2.24) is 9.80 Å². The summed E-state index contributed by atoms with van der Waals surface area (Å²) in [7, 11) is 2.20. The van der Waals surface area contributed by atoms with Gasteiger partial charge in [-0.15, -0.1) is 0 Å². The summed E-state index contributed by atoms with van der Waals surface area (Å²) in [6.45, 7) is 2.21. The summed E-state index contributed by atoms with van der Waals surface area (Å²) < 4.78 is 19.2. The van der Waals surface area contributed by atoms with Crippen molar-refractivity contribution in [3.05, 3.63) is 59.8 Å². The van der Waals surface area contributed by atoms with Crippen LogP contribution in [0.5, 0.6) is 0 Å². The molecule has 1 aliphatic carbocycles. The van der Waals surface area contributed by atoms with E-state index in [0.29, 0.717) is 24.9 Å². The van der Waals surface area contributed by atoms with Crippen LogP contribution in [0, 0.1) is 11.7 Å². The maximum Gasteiger partial charge on any atom is 0.289 e. The summed E-state index contributed by atoms with van der Waals surface area (Å²) in [6, 6.07) is 10.9. The molecular weight excluding hydrogens is 355 g/mol. The first kappa shape index (κ1) is 19.2. The lowest BCUT2D eigenvalue weighted by molar-refractivity contribution is 0.0749. The number of carbonyl (C=O) groups is 1. The summed E-state index contributed by atoms with van der Waals surface area (Å²) >= 11 is 0. The van der Waals surface area contributed by atoms with Gasteiger partial charge in [0.2, 0.25) is 0 Å². The lowest BCUT2D eigenvalue weighted by atomic mass is 9.87. The summed E-state index contributed by atoms with van der Waals surface area (Å²) in [5.41, 5.74) is 0.983. The third-order valence-corrected chi connectivity index (χ3v) is 6.46. The number of hydrogen-bond acceptors (Lipinski definition) is 3. The second kappa shape index (κ2) is 8.48. The largest absolute Gasteiger partial charge is 0.459 e. The number of amides is 1. The Bertz CT molecular complexity index is 786. The molecule has 1 saturated heterocycles. The Morgan fingerprint density at radius 2 is 2.00 bits per heavy atom. The fourth-order valence-corrected chi connectivity index (χ4v) is 4.93. The molecule has 150 valence electrons. The van der Waals surface area contributed by atoms with E-state index in [1.807, 2.05) is 11.0 Å². The highest BCUT2D eigenvalue weighted by Crippen LogP contribution is 2.35. The van der Waals surface area contributed by atoms with Gasteiger partial charge in [-0.05, 0) is 55.6 Å². The van der Waals surface area contributed by atoms with Crippen LogP contribution in [-0.2, 0) is 0 Å². The minimum Gasteiger partial charge on any atom is -0.459 e. The minimum atomic E-state index is -0.215. The number of furan rings is 1. The lowest BCUT2D eigenvalue weighted by Crippen LogP contribution is -2.38. The summed E-state index contributed by atoms with van der Waals surface area (Å²) in [5, 5.41) is 0. The summed E-state index contributed by atoms with van der Waals surface area (Å²) in [4.78, 5) is 17.2. The molecule has 4 rings (SSSR count). The van der Waals surface area contributed by atoms with Crippen molar-refractivity contribution in [2.75, 3.05) is 26.7 Å². The van der Waals surface area contributed by atoms with Gasteiger partial charge < -0.3 is 14.2 Å². The molecule has 1 amide bonds.